The molecule has 0 amide bonds. The highest BCUT2D eigenvalue weighted by Gasteiger charge is 2.47. The normalized spacial score (nSPS) is 20.5. The molecule has 0 saturated carbocycles. The van der Waals surface area contributed by atoms with Crippen molar-refractivity contribution >= 4 is 0 Å². The van der Waals surface area contributed by atoms with E-state index < -0.39 is 0 Å². The zero-order chi connectivity index (χ0) is 50.3. The second-order valence-corrected chi connectivity index (χ2v) is 26.4. The van der Waals surface area contributed by atoms with Crippen LogP contribution < -0.4 is 0 Å². The molecule has 0 bridgehead atoms. The molecule has 0 atom stereocenters. The summed E-state index contributed by atoms with van der Waals surface area (Å²) in [5.41, 5.74) is 2.67. The van der Waals surface area contributed by atoms with Gasteiger partial charge in [-0.05, 0) is 180 Å². The molecular weight excluding hydrogens is 805 g/mol. The molecule has 0 radical (unpaired) electrons. The first-order valence-corrected chi connectivity index (χ1v) is 27.6. The first-order chi connectivity index (χ1) is 29.2. The van der Waals surface area contributed by atoms with Crippen LogP contribution in [0.4, 0.5) is 0 Å². The van der Waals surface area contributed by atoms with E-state index in [1.807, 2.05) is 27.7 Å². The molecule has 6 nitrogen and oxygen atoms in total. The van der Waals surface area contributed by atoms with Gasteiger partial charge in [-0.2, -0.15) is 0 Å². The molecule has 4 saturated heterocycles. The van der Waals surface area contributed by atoms with E-state index in [0.29, 0.717) is 21.7 Å². The van der Waals surface area contributed by atoms with E-state index in [0.717, 1.165) is 17.8 Å². The number of nitrogens with zero attached hydrogens (tertiary/aromatic N) is 6. The largest absolute Gasteiger partial charge is 0.306 e. The SMILES string of the molecule is C.C.CC.CC.CC(C)C.CCC(C)(C)C(C)(C)C1CCN(C(C)(C)CC(C)(C)N2CCN(C)CC2)CC1.CCC(C)(C)C(C)(C)N1CCN(C(C)(C)CC(C)(C)C2CCN(C)CC2)CC1. The van der Waals surface area contributed by atoms with Crippen molar-refractivity contribution in [1.29, 1.82) is 0 Å². The second-order valence-electron chi connectivity index (χ2n) is 26.4. The van der Waals surface area contributed by atoms with Gasteiger partial charge in [0.15, 0.2) is 0 Å². The fourth-order valence-electron chi connectivity index (χ4n) is 11.8. The maximum Gasteiger partial charge on any atom is 0.0205 e. The number of likely N-dealkylation sites (tertiary alicyclic amines) is 2. The minimum Gasteiger partial charge on any atom is -0.306 e. The van der Waals surface area contributed by atoms with Crippen LogP contribution in [-0.2, 0) is 0 Å². The molecule has 4 fully saturated rings. The van der Waals surface area contributed by atoms with Crippen molar-refractivity contribution in [2.75, 3.05) is 92.6 Å². The van der Waals surface area contributed by atoms with Crippen molar-refractivity contribution in [3.8, 4) is 0 Å². The average Bonchev–Trinajstić information content (AvgIpc) is 3.22. The molecule has 4 aliphatic heterocycles. The molecule has 402 valence electrons. The Hall–Kier alpha value is -0.240. The molecule has 4 aliphatic rings. The van der Waals surface area contributed by atoms with Crippen LogP contribution in [0.2, 0.25) is 0 Å². The highest BCUT2D eigenvalue weighted by atomic mass is 15.3. The highest BCUT2D eigenvalue weighted by Crippen LogP contribution is 2.51. The van der Waals surface area contributed by atoms with Crippen LogP contribution in [0.3, 0.4) is 0 Å². The van der Waals surface area contributed by atoms with Gasteiger partial charge in [-0.3, -0.25) is 19.6 Å². The molecule has 4 heterocycles. The molecule has 0 aromatic heterocycles. The number of rotatable bonds is 14. The quantitative estimate of drug-likeness (QED) is 0.172. The minimum absolute atomic E-state index is 0. The fourth-order valence-corrected chi connectivity index (χ4v) is 11.8. The summed E-state index contributed by atoms with van der Waals surface area (Å²) in [6.07, 6.45) is 10.5. The van der Waals surface area contributed by atoms with E-state index in [4.69, 9.17) is 0 Å². The lowest BCUT2D eigenvalue weighted by Gasteiger charge is -2.55. The second kappa shape index (κ2) is 29.3. The predicted molar refractivity (Wildman–Crippen MR) is 305 cm³/mol. The Labute approximate surface area is 421 Å². The molecule has 0 N–H and O–H groups in total. The van der Waals surface area contributed by atoms with Crippen molar-refractivity contribution in [3.63, 3.8) is 0 Å². The van der Waals surface area contributed by atoms with Gasteiger partial charge in [-0.25, -0.2) is 0 Å². The first-order valence-electron chi connectivity index (χ1n) is 27.6. The van der Waals surface area contributed by atoms with Gasteiger partial charge in [0.2, 0.25) is 0 Å². The number of piperazine rings is 2. The van der Waals surface area contributed by atoms with E-state index in [1.54, 1.807) is 0 Å². The van der Waals surface area contributed by atoms with Crippen molar-refractivity contribution in [2.45, 2.75) is 261 Å². The van der Waals surface area contributed by atoms with Crippen molar-refractivity contribution in [2.24, 2.45) is 39.4 Å². The lowest BCUT2D eigenvalue weighted by atomic mass is 9.58. The zero-order valence-electron chi connectivity index (χ0n) is 49.6. The molecule has 0 unspecified atom stereocenters. The molecule has 66 heavy (non-hydrogen) atoms. The van der Waals surface area contributed by atoms with Crippen molar-refractivity contribution in [1.82, 2.24) is 29.4 Å². The Kier molecular flexibility index (Phi) is 31.1. The Morgan fingerprint density at radius 2 is 0.682 bits per heavy atom. The first kappa shape index (κ1) is 70.0. The smallest absolute Gasteiger partial charge is 0.0205 e. The summed E-state index contributed by atoms with van der Waals surface area (Å²) in [5, 5.41) is 0. The summed E-state index contributed by atoms with van der Waals surface area (Å²) >= 11 is 0. The number of hydrogen-bond acceptors (Lipinski definition) is 6. The number of piperidine rings is 2. The molecule has 0 spiro atoms. The molecule has 6 heteroatoms. The average molecular weight is 938 g/mol. The fraction of sp³-hybridized carbons (Fsp3) is 1.00. The Bertz CT molecular complexity index is 1120. The van der Waals surface area contributed by atoms with E-state index >= 15 is 0 Å². The summed E-state index contributed by atoms with van der Waals surface area (Å²) in [4.78, 5) is 16.0. The lowest BCUT2D eigenvalue weighted by molar-refractivity contribution is -0.0532. The topological polar surface area (TPSA) is 19.4 Å². The van der Waals surface area contributed by atoms with Crippen LogP contribution in [0.25, 0.3) is 0 Å². The van der Waals surface area contributed by atoms with E-state index in [1.165, 1.54) is 130 Å². The van der Waals surface area contributed by atoms with Gasteiger partial charge in [-0.15, -0.1) is 0 Å². The van der Waals surface area contributed by atoms with Gasteiger partial charge in [0.1, 0.15) is 0 Å². The summed E-state index contributed by atoms with van der Waals surface area (Å²) in [7, 11) is 4.52. The van der Waals surface area contributed by atoms with Gasteiger partial charge in [0.05, 0.1) is 0 Å². The van der Waals surface area contributed by atoms with Crippen LogP contribution >= 0.6 is 0 Å². The van der Waals surface area contributed by atoms with Crippen molar-refractivity contribution < 1.29 is 0 Å². The lowest BCUT2D eigenvalue weighted by Crippen LogP contribution is -2.63. The van der Waals surface area contributed by atoms with Crippen molar-refractivity contribution in [3.05, 3.63) is 0 Å². The summed E-state index contributed by atoms with van der Waals surface area (Å²) in [6, 6.07) is 0. The zero-order valence-corrected chi connectivity index (χ0v) is 49.6. The Balaban J connectivity index is -0.00000101. The predicted octanol–water partition coefficient (Wildman–Crippen LogP) is 15.7. The molecule has 4 rings (SSSR count). The van der Waals surface area contributed by atoms with Gasteiger partial charge >= 0.3 is 0 Å². The third-order valence-electron chi connectivity index (χ3n) is 18.4. The van der Waals surface area contributed by atoms with Crippen LogP contribution in [-0.4, -0.2) is 144 Å². The molecule has 0 aromatic rings. The number of likely N-dealkylation sites (N-methyl/N-ethyl adjacent to an activating group) is 1. The van der Waals surface area contributed by atoms with Gasteiger partial charge in [0, 0.05) is 74.5 Å². The monoisotopic (exact) mass is 937 g/mol. The molecule has 0 aromatic carbocycles. The summed E-state index contributed by atoms with van der Waals surface area (Å²) < 4.78 is 0. The van der Waals surface area contributed by atoms with Gasteiger partial charge in [-0.1, -0.05) is 139 Å². The van der Waals surface area contributed by atoms with Crippen LogP contribution in [0.15, 0.2) is 0 Å². The Morgan fingerprint density at radius 3 is 1.05 bits per heavy atom. The molecule has 0 aliphatic carbocycles. The maximum atomic E-state index is 2.80. The Morgan fingerprint density at radius 1 is 0.394 bits per heavy atom. The van der Waals surface area contributed by atoms with Crippen LogP contribution in [0.1, 0.15) is 239 Å². The highest BCUT2D eigenvalue weighted by molar-refractivity contribution is 5.01. The van der Waals surface area contributed by atoms with E-state index in [2.05, 4.69) is 189 Å². The van der Waals surface area contributed by atoms with Crippen LogP contribution in [0.5, 0.6) is 0 Å². The minimum atomic E-state index is 0. The third kappa shape index (κ3) is 20.1. The summed E-state index contributed by atoms with van der Waals surface area (Å²) in [6.45, 7) is 73.7. The van der Waals surface area contributed by atoms with Gasteiger partial charge < -0.3 is 9.80 Å². The standard InChI is InChI=1S/2C25H51N3.C4H10.2C2H6.2CH4/c1-11-23(4,5)25(8,9)28-18-16-27(17-19-28)24(6,7)20-22(2,3)21-12-14-26(10)15-13-21;1-11-22(2,3)25(8,9)21-12-14-27(15-13-21)23(4,5)20-24(6,7)28-18-16-26(10)17-19-28;1-4(2)3;2*1-2;;/h2*21H,11-20H2,1-10H3;4H,1-3H3;2*1-2H3;2*1H4. The maximum absolute atomic E-state index is 2.80. The third-order valence-corrected chi connectivity index (χ3v) is 18.4. The van der Waals surface area contributed by atoms with E-state index in [-0.39, 0.29) is 37.0 Å². The van der Waals surface area contributed by atoms with Crippen LogP contribution in [0, 0.1) is 39.4 Å². The van der Waals surface area contributed by atoms with Gasteiger partial charge in [0.25, 0.3) is 0 Å². The molecular formula is C60H132N6. The number of hydrogen-bond donors (Lipinski definition) is 0. The van der Waals surface area contributed by atoms with E-state index in [9.17, 15) is 0 Å². The summed E-state index contributed by atoms with van der Waals surface area (Å²) in [5.74, 6) is 2.55.